The number of amides is 1. The third-order valence-corrected chi connectivity index (χ3v) is 17.9. The molecule has 0 spiro atoms. The van der Waals surface area contributed by atoms with Crippen LogP contribution in [0.4, 0.5) is 11.4 Å². The lowest BCUT2D eigenvalue weighted by Gasteiger charge is -2.63. The van der Waals surface area contributed by atoms with E-state index in [9.17, 15) is 33.3 Å². The summed E-state index contributed by atoms with van der Waals surface area (Å²) in [4.78, 5) is 26.5. The molecule has 4 aromatic carbocycles. The summed E-state index contributed by atoms with van der Waals surface area (Å²) >= 11 is 0. The van der Waals surface area contributed by atoms with Gasteiger partial charge in [0.15, 0.2) is 0 Å². The Bertz CT molecular complexity index is 2520. The number of aryl methyl sites for hydroxylation is 1. The molecule has 0 unspecified atom stereocenters. The van der Waals surface area contributed by atoms with Crippen LogP contribution < -0.4 is 19.7 Å². The normalized spacial score (nSPS) is 28.7. The zero-order chi connectivity index (χ0) is 49.8. The summed E-state index contributed by atoms with van der Waals surface area (Å²) in [6.07, 6.45) is 8.29. The van der Waals surface area contributed by atoms with Crippen molar-refractivity contribution >= 4 is 33.3 Å². The average Bonchev–Trinajstić information content (AvgIpc) is 3.69. The number of hydrogen-bond acceptors (Lipinski definition) is 9. The van der Waals surface area contributed by atoms with Crippen LogP contribution in [0.1, 0.15) is 107 Å². The minimum absolute atomic E-state index is 0.0225. The Hall–Kier alpha value is -4.95. The molecule has 4 aromatic rings. The number of carboxylic acid groups (broad SMARTS) is 1. The van der Waals surface area contributed by atoms with Crippen LogP contribution in [-0.4, -0.2) is 73.3 Å². The topological polar surface area (TPSA) is 175 Å². The molecule has 13 heteroatoms. The highest BCUT2D eigenvalue weighted by Gasteiger charge is 2.65. The van der Waals surface area contributed by atoms with Crippen molar-refractivity contribution in [1.29, 1.82) is 0 Å². The zero-order valence-electron chi connectivity index (χ0n) is 41.7. The highest BCUT2D eigenvalue weighted by molar-refractivity contribution is 7.92. The molecule has 4 fully saturated rings. The minimum atomic E-state index is -3.44. The van der Waals surface area contributed by atoms with Gasteiger partial charge in [-0.05, 0) is 170 Å². The molecule has 0 heterocycles. The van der Waals surface area contributed by atoms with Gasteiger partial charge in [-0.25, -0.2) is 8.42 Å². The van der Waals surface area contributed by atoms with Crippen LogP contribution in [0, 0.1) is 53.3 Å². The second-order valence-electron chi connectivity index (χ2n) is 21.7. The molecule has 0 aliphatic heterocycles. The highest BCUT2D eigenvalue weighted by atomic mass is 32.2. The Kier molecular flexibility index (Phi) is 16.0. The van der Waals surface area contributed by atoms with Gasteiger partial charge in [0.05, 0.1) is 36.9 Å². The quantitative estimate of drug-likeness (QED) is 0.0537. The van der Waals surface area contributed by atoms with Crippen LogP contribution in [-0.2, 0) is 43.9 Å². The zero-order valence-corrected chi connectivity index (χ0v) is 42.5. The van der Waals surface area contributed by atoms with Crippen molar-refractivity contribution in [2.75, 3.05) is 29.0 Å². The predicted octanol–water partition coefficient (Wildman–Crippen LogP) is 9.90. The second kappa shape index (κ2) is 21.8. The molecule has 4 aliphatic carbocycles. The Morgan fingerprint density at radius 1 is 0.814 bits per heavy atom. The van der Waals surface area contributed by atoms with Crippen LogP contribution in [0.25, 0.3) is 0 Å². The highest BCUT2D eigenvalue weighted by Crippen LogP contribution is 2.68. The number of sulfonamides is 1. The van der Waals surface area contributed by atoms with E-state index in [1.165, 1.54) is 0 Å². The number of ether oxygens (including phenoxy) is 2. The lowest BCUT2D eigenvalue weighted by atomic mass is 9.43. The van der Waals surface area contributed by atoms with Crippen LogP contribution in [0.2, 0.25) is 0 Å². The maximum absolute atomic E-state index is 12.9. The van der Waals surface area contributed by atoms with E-state index in [1.807, 2.05) is 85.8 Å². The van der Waals surface area contributed by atoms with E-state index in [0.717, 1.165) is 72.7 Å². The first-order chi connectivity index (χ1) is 33.4. The SMILES string of the molecule is Cc1c(NS(C)(=O)=O)cccc1N(Cc1ccccc1)Cc1ccc(Oc2ccc(CCC(=O)NCCO[C@@H]3CC[C@]4(C)[C@H](C3)C[C@H](O)[C@@H]3[C@@H]4C[C@@H](O)[C@]4(C)[C@H]3CC[C@H]4[C@@H](C)CCC(=O)O)cc2)cc1. The number of hydrogen-bond donors (Lipinski definition) is 5. The van der Waals surface area contributed by atoms with Gasteiger partial charge in [0.1, 0.15) is 11.5 Å². The van der Waals surface area contributed by atoms with Crippen molar-refractivity contribution in [3.8, 4) is 11.5 Å². The number of aliphatic hydroxyl groups excluding tert-OH is 2. The molecule has 8 rings (SSSR count). The number of anilines is 2. The molecule has 378 valence electrons. The van der Waals surface area contributed by atoms with Gasteiger partial charge in [0.25, 0.3) is 0 Å². The van der Waals surface area contributed by atoms with Gasteiger partial charge < -0.3 is 35.0 Å². The Morgan fingerprint density at radius 2 is 1.49 bits per heavy atom. The Labute approximate surface area is 415 Å². The van der Waals surface area contributed by atoms with E-state index in [2.05, 4.69) is 47.8 Å². The third-order valence-electron chi connectivity index (χ3n) is 17.3. The Morgan fingerprint density at radius 3 is 2.16 bits per heavy atom. The van der Waals surface area contributed by atoms with Crippen molar-refractivity contribution in [1.82, 2.24) is 5.32 Å². The second-order valence-corrected chi connectivity index (χ2v) is 23.4. The molecule has 5 N–H and O–H groups in total. The number of aliphatic hydroxyl groups is 2. The maximum Gasteiger partial charge on any atom is 0.303 e. The van der Waals surface area contributed by atoms with Crippen molar-refractivity contribution in [3.05, 3.63) is 119 Å². The fourth-order valence-corrected chi connectivity index (χ4v) is 14.3. The number of carboxylic acids is 1. The van der Waals surface area contributed by atoms with Crippen LogP contribution in [0.3, 0.4) is 0 Å². The number of nitrogens with zero attached hydrogens (tertiary/aromatic N) is 1. The summed E-state index contributed by atoms with van der Waals surface area (Å²) in [7, 11) is -3.44. The van der Waals surface area contributed by atoms with E-state index in [4.69, 9.17) is 9.47 Å². The molecule has 4 aliphatic rings. The number of benzene rings is 4. The van der Waals surface area contributed by atoms with E-state index in [-0.39, 0.29) is 58.9 Å². The molecule has 70 heavy (non-hydrogen) atoms. The first kappa shape index (κ1) is 51.4. The van der Waals surface area contributed by atoms with E-state index in [1.54, 1.807) is 6.07 Å². The smallest absolute Gasteiger partial charge is 0.303 e. The van der Waals surface area contributed by atoms with Crippen LogP contribution in [0.5, 0.6) is 11.5 Å². The monoisotopic (exact) mass is 978 g/mol. The largest absolute Gasteiger partial charge is 0.481 e. The first-order valence-corrected chi connectivity index (χ1v) is 27.5. The molecule has 12 nitrogen and oxygen atoms in total. The van der Waals surface area contributed by atoms with Gasteiger partial charge in [0.2, 0.25) is 15.9 Å². The van der Waals surface area contributed by atoms with Gasteiger partial charge >= 0.3 is 5.97 Å². The maximum atomic E-state index is 12.9. The van der Waals surface area contributed by atoms with Gasteiger partial charge in [-0.3, -0.25) is 14.3 Å². The number of carbonyl (C=O) groups is 2. The van der Waals surface area contributed by atoms with Gasteiger partial charge in [-0.15, -0.1) is 0 Å². The number of aliphatic carboxylic acids is 1. The standard InChI is InChI=1S/C57H75N3O9S/c1-37(14-27-54(64)65)46-24-25-47-55-48(34-52(62)57(46,47)4)56(3)29-28-45(32-42(56)33-51(55)61)68-31-30-58-53(63)26-19-39-15-20-43(21-16-39)69-44-22-17-41(18-23-44)36-60(35-40-10-7-6-8-11-40)50-13-9-12-49(38(50)2)59-70(5,66)67/h6-13,15-18,20-23,37,42,45-48,51-52,55,59,61-62H,14,19,24-36H2,1-5H3,(H,58,63)(H,64,65)/t37-,42+,45+,46-,47-,48-,51-,52+,55-,56+,57-/m0/s1. The van der Waals surface area contributed by atoms with Gasteiger partial charge in [-0.1, -0.05) is 81.4 Å². The Balaban J connectivity index is 0.768. The molecule has 0 aromatic heterocycles. The van der Waals surface area contributed by atoms with Crippen LogP contribution in [0.15, 0.2) is 97.1 Å². The van der Waals surface area contributed by atoms with Crippen molar-refractivity contribution < 1.29 is 42.8 Å². The molecular weight excluding hydrogens is 903 g/mol. The predicted molar refractivity (Wildman–Crippen MR) is 274 cm³/mol. The summed E-state index contributed by atoms with van der Waals surface area (Å²) in [6, 6.07) is 31.6. The van der Waals surface area contributed by atoms with E-state index < -0.39 is 28.2 Å². The van der Waals surface area contributed by atoms with Gasteiger partial charge in [0, 0.05) is 38.2 Å². The van der Waals surface area contributed by atoms with Crippen molar-refractivity contribution in [3.63, 3.8) is 0 Å². The summed E-state index contributed by atoms with van der Waals surface area (Å²) < 4.78 is 39.4. The molecule has 1 amide bonds. The summed E-state index contributed by atoms with van der Waals surface area (Å²) in [5.74, 6) is 2.02. The molecule has 0 bridgehead atoms. The molecule has 11 atom stereocenters. The lowest BCUT2D eigenvalue weighted by molar-refractivity contribution is -0.209. The summed E-state index contributed by atoms with van der Waals surface area (Å²) in [5, 5.41) is 36.1. The number of rotatable bonds is 20. The fraction of sp³-hybridized carbons (Fsp3) is 0.544. The van der Waals surface area contributed by atoms with E-state index in [0.29, 0.717) is 75.0 Å². The van der Waals surface area contributed by atoms with Crippen molar-refractivity contribution in [2.45, 2.75) is 130 Å². The third kappa shape index (κ3) is 11.7. The van der Waals surface area contributed by atoms with E-state index >= 15 is 0 Å². The van der Waals surface area contributed by atoms with Crippen LogP contribution >= 0.6 is 0 Å². The molecule has 4 saturated carbocycles. The van der Waals surface area contributed by atoms with Gasteiger partial charge in [-0.2, -0.15) is 0 Å². The number of carbonyl (C=O) groups excluding carboxylic acids is 1. The molecular formula is C57H75N3O9S. The summed E-state index contributed by atoms with van der Waals surface area (Å²) in [5.41, 5.74) is 5.30. The fourth-order valence-electron chi connectivity index (χ4n) is 13.6. The van der Waals surface area contributed by atoms with Crippen molar-refractivity contribution in [2.24, 2.45) is 46.3 Å². The number of nitrogens with one attached hydrogen (secondary N) is 2. The minimum Gasteiger partial charge on any atom is -0.481 e. The summed E-state index contributed by atoms with van der Waals surface area (Å²) in [6.45, 7) is 10.8. The first-order valence-electron chi connectivity index (χ1n) is 25.6. The molecule has 0 saturated heterocycles. The molecule has 0 radical (unpaired) electrons. The average molecular weight is 978 g/mol. The number of fused-ring (bicyclic) bond motifs is 5. The lowest BCUT2D eigenvalue weighted by Crippen LogP contribution is -2.62.